The lowest BCUT2D eigenvalue weighted by molar-refractivity contribution is -0.0500. The average Bonchev–Trinajstić information content (AvgIpc) is 3.02. The molecule has 0 atom stereocenters. The summed E-state index contributed by atoms with van der Waals surface area (Å²) in [5, 5.41) is 0. The maximum absolute atomic E-state index is 12.3. The van der Waals surface area contributed by atoms with Gasteiger partial charge in [0.25, 0.3) is 0 Å². The van der Waals surface area contributed by atoms with Crippen molar-refractivity contribution in [2.24, 2.45) is 0 Å². The fraction of sp³-hybridized carbons (Fsp3) is 0.455. The molecule has 1 aliphatic rings. The fourth-order valence-electron chi connectivity index (χ4n) is 1.66. The van der Waals surface area contributed by atoms with E-state index in [1.807, 2.05) is 0 Å². The molecule has 0 aromatic heterocycles. The zero-order valence-corrected chi connectivity index (χ0v) is 10.3. The Balaban J connectivity index is 2.40. The number of alkyl halides is 3. The fourth-order valence-corrected chi connectivity index (χ4v) is 2.20. The van der Waals surface area contributed by atoms with Crippen LogP contribution in [0.5, 0.6) is 5.75 Å². The number of para-hydroxylation sites is 1. The Labute approximate surface area is 103 Å². The molecule has 0 saturated heterocycles. The van der Waals surface area contributed by atoms with E-state index < -0.39 is 15.6 Å². The first-order chi connectivity index (χ1) is 8.22. The molecule has 100 valence electrons. The van der Waals surface area contributed by atoms with Crippen molar-refractivity contribution in [2.75, 3.05) is 0 Å². The summed E-state index contributed by atoms with van der Waals surface area (Å²) in [6.07, 6.45) is 1.68. The van der Waals surface area contributed by atoms with Crippen LogP contribution in [0, 0.1) is 6.92 Å². The second-order valence-corrected chi connectivity index (χ2v) is 5.79. The lowest BCUT2D eigenvalue weighted by Gasteiger charge is -2.14. The van der Waals surface area contributed by atoms with Gasteiger partial charge in [0.15, 0.2) is 0 Å². The molecule has 0 heterocycles. The maximum atomic E-state index is 12.3. The Morgan fingerprint density at radius 3 is 2.39 bits per heavy atom. The smallest absolute Gasteiger partial charge is 0.375 e. The van der Waals surface area contributed by atoms with Gasteiger partial charge in [-0.3, -0.25) is 0 Å². The second kappa shape index (κ2) is 4.15. The number of hydrogen-bond acceptors (Lipinski definition) is 3. The molecule has 0 aliphatic heterocycles. The normalized spacial score (nSPS) is 16.7. The van der Waals surface area contributed by atoms with E-state index in [1.54, 1.807) is 12.1 Å². The van der Waals surface area contributed by atoms with E-state index in [0.29, 0.717) is 11.1 Å². The highest BCUT2D eigenvalue weighted by atomic mass is 32.2. The number of rotatable bonds is 3. The van der Waals surface area contributed by atoms with Gasteiger partial charge in [0, 0.05) is 0 Å². The summed E-state index contributed by atoms with van der Waals surface area (Å²) in [4.78, 5) is 0. The quantitative estimate of drug-likeness (QED) is 0.631. The van der Waals surface area contributed by atoms with Gasteiger partial charge in [-0.1, -0.05) is 18.2 Å². The van der Waals surface area contributed by atoms with Crippen molar-refractivity contribution in [3.8, 4) is 5.75 Å². The van der Waals surface area contributed by atoms with Crippen LogP contribution in [-0.2, 0) is 10.1 Å². The average molecular weight is 280 g/mol. The van der Waals surface area contributed by atoms with E-state index >= 15 is 0 Å². The zero-order chi connectivity index (χ0) is 13.6. The van der Waals surface area contributed by atoms with Gasteiger partial charge in [0.1, 0.15) is 5.75 Å². The maximum Gasteiger partial charge on any atom is 0.534 e. The highest BCUT2D eigenvalue weighted by Crippen LogP contribution is 2.46. The topological polar surface area (TPSA) is 43.4 Å². The molecule has 1 aliphatic carbocycles. The van der Waals surface area contributed by atoms with Crippen LogP contribution in [0.1, 0.15) is 29.9 Å². The molecule has 3 nitrogen and oxygen atoms in total. The van der Waals surface area contributed by atoms with Crippen molar-refractivity contribution in [1.29, 1.82) is 0 Å². The minimum absolute atomic E-state index is 0.100. The molecule has 1 aromatic rings. The first-order valence-corrected chi connectivity index (χ1v) is 6.73. The van der Waals surface area contributed by atoms with Crippen LogP contribution >= 0.6 is 0 Å². The minimum Gasteiger partial charge on any atom is -0.375 e. The molecule has 2 rings (SSSR count). The molecule has 7 heteroatoms. The van der Waals surface area contributed by atoms with E-state index in [0.717, 1.165) is 12.8 Å². The Kier molecular flexibility index (Phi) is 3.04. The largest absolute Gasteiger partial charge is 0.534 e. The van der Waals surface area contributed by atoms with Crippen LogP contribution in [0.25, 0.3) is 0 Å². The molecule has 0 unspecified atom stereocenters. The van der Waals surface area contributed by atoms with Crippen LogP contribution < -0.4 is 4.18 Å². The summed E-state index contributed by atoms with van der Waals surface area (Å²) < 4.78 is 63.2. The van der Waals surface area contributed by atoms with Gasteiger partial charge in [0.05, 0.1) is 0 Å². The van der Waals surface area contributed by atoms with Gasteiger partial charge in [-0.05, 0) is 36.8 Å². The summed E-state index contributed by atoms with van der Waals surface area (Å²) in [6.45, 7) is 1.52. The first kappa shape index (κ1) is 13.2. The van der Waals surface area contributed by atoms with Crippen molar-refractivity contribution in [3.05, 3.63) is 29.3 Å². The van der Waals surface area contributed by atoms with Crippen molar-refractivity contribution in [3.63, 3.8) is 0 Å². The lowest BCUT2D eigenvalue weighted by atomic mass is 10.1. The van der Waals surface area contributed by atoms with E-state index in [4.69, 9.17) is 0 Å². The van der Waals surface area contributed by atoms with Crippen LogP contribution in [0.15, 0.2) is 18.2 Å². The van der Waals surface area contributed by atoms with E-state index in [1.165, 1.54) is 13.0 Å². The van der Waals surface area contributed by atoms with Crippen molar-refractivity contribution >= 4 is 10.1 Å². The van der Waals surface area contributed by atoms with Crippen LogP contribution in [0.2, 0.25) is 0 Å². The van der Waals surface area contributed by atoms with E-state index in [9.17, 15) is 21.6 Å². The van der Waals surface area contributed by atoms with Gasteiger partial charge in [0.2, 0.25) is 0 Å². The Hall–Kier alpha value is -1.24. The van der Waals surface area contributed by atoms with Gasteiger partial charge in [-0.2, -0.15) is 21.6 Å². The molecule has 0 spiro atoms. The Bertz CT molecular complexity index is 559. The van der Waals surface area contributed by atoms with Gasteiger partial charge < -0.3 is 4.18 Å². The zero-order valence-electron chi connectivity index (χ0n) is 9.49. The summed E-state index contributed by atoms with van der Waals surface area (Å²) >= 11 is 0. The van der Waals surface area contributed by atoms with Crippen molar-refractivity contribution < 1.29 is 25.8 Å². The van der Waals surface area contributed by atoms with Gasteiger partial charge >= 0.3 is 15.6 Å². The minimum atomic E-state index is -5.60. The molecule has 1 aromatic carbocycles. The molecular weight excluding hydrogens is 269 g/mol. The number of halogens is 3. The van der Waals surface area contributed by atoms with Crippen molar-refractivity contribution in [1.82, 2.24) is 0 Å². The molecule has 0 amide bonds. The van der Waals surface area contributed by atoms with E-state index in [2.05, 4.69) is 4.18 Å². The third-order valence-corrected chi connectivity index (χ3v) is 3.69. The Morgan fingerprint density at radius 1 is 1.28 bits per heavy atom. The molecule has 0 N–H and O–H groups in total. The van der Waals surface area contributed by atoms with Crippen LogP contribution in [0.4, 0.5) is 13.2 Å². The van der Waals surface area contributed by atoms with Crippen molar-refractivity contribution in [2.45, 2.75) is 31.2 Å². The second-order valence-electron chi connectivity index (χ2n) is 4.25. The highest BCUT2D eigenvalue weighted by Gasteiger charge is 2.49. The summed E-state index contributed by atoms with van der Waals surface area (Å²) in [5.74, 6) is -0.0827. The Morgan fingerprint density at radius 2 is 1.89 bits per heavy atom. The summed E-state index contributed by atoms with van der Waals surface area (Å²) in [5.41, 5.74) is -4.49. The van der Waals surface area contributed by atoms with Crippen LogP contribution in [0.3, 0.4) is 0 Å². The standard InChI is InChI=1S/C11H11F3O3S/c1-7-3-2-4-9(8-5-6-8)10(7)17-18(15,16)11(12,13)14/h2-4,8H,5-6H2,1H3. The third kappa shape index (κ3) is 2.45. The first-order valence-electron chi connectivity index (χ1n) is 5.32. The molecule has 1 saturated carbocycles. The highest BCUT2D eigenvalue weighted by molar-refractivity contribution is 7.88. The van der Waals surface area contributed by atoms with Gasteiger partial charge in [-0.25, -0.2) is 0 Å². The molecule has 1 fully saturated rings. The number of benzene rings is 1. The third-order valence-electron chi connectivity index (χ3n) is 2.74. The van der Waals surface area contributed by atoms with Crippen LogP contribution in [-0.4, -0.2) is 13.9 Å². The molecule has 0 radical (unpaired) electrons. The van der Waals surface area contributed by atoms with E-state index in [-0.39, 0.29) is 11.7 Å². The summed E-state index contributed by atoms with van der Waals surface area (Å²) in [6, 6.07) is 4.80. The SMILES string of the molecule is Cc1cccc(C2CC2)c1OS(=O)(=O)C(F)(F)F. The number of hydrogen-bond donors (Lipinski definition) is 0. The molecule has 18 heavy (non-hydrogen) atoms. The molecular formula is C11H11F3O3S. The summed E-state index contributed by atoms with van der Waals surface area (Å²) in [7, 11) is -5.60. The lowest BCUT2D eigenvalue weighted by Crippen LogP contribution is -2.28. The predicted octanol–water partition coefficient (Wildman–Crippen LogP) is 3.10. The number of aryl methyl sites for hydroxylation is 1. The van der Waals surface area contributed by atoms with Gasteiger partial charge in [-0.15, -0.1) is 0 Å². The monoisotopic (exact) mass is 280 g/mol. The predicted molar refractivity (Wildman–Crippen MR) is 58.8 cm³/mol. The molecule has 0 bridgehead atoms.